The van der Waals surface area contributed by atoms with Gasteiger partial charge in [0.15, 0.2) is 0 Å². The molecule has 100 valence electrons. The van der Waals surface area contributed by atoms with Gasteiger partial charge in [-0.3, -0.25) is 0 Å². The smallest absolute Gasteiger partial charge is 0.347 e. The second kappa shape index (κ2) is 5.53. The number of aryl methyl sites for hydroxylation is 1. The first-order chi connectivity index (χ1) is 9.00. The number of aromatic nitrogens is 1. The number of aromatic carboxylic acids is 1. The van der Waals surface area contributed by atoms with Crippen molar-refractivity contribution in [3.63, 3.8) is 0 Å². The fourth-order valence-corrected chi connectivity index (χ4v) is 3.43. The molecular formula is C15H17NO2S. The molecule has 0 aliphatic heterocycles. The van der Waals surface area contributed by atoms with Crippen LogP contribution in [0.15, 0.2) is 30.3 Å². The van der Waals surface area contributed by atoms with Gasteiger partial charge in [-0.1, -0.05) is 44.2 Å². The highest BCUT2D eigenvalue weighted by Crippen LogP contribution is 2.35. The van der Waals surface area contributed by atoms with Crippen LogP contribution >= 0.6 is 11.3 Å². The van der Waals surface area contributed by atoms with Crippen LogP contribution in [-0.2, 0) is 0 Å². The molecule has 0 amide bonds. The number of carboxylic acid groups (broad SMARTS) is 1. The summed E-state index contributed by atoms with van der Waals surface area (Å²) in [6.45, 7) is 6.02. The summed E-state index contributed by atoms with van der Waals surface area (Å²) in [4.78, 5) is 15.9. The molecule has 19 heavy (non-hydrogen) atoms. The first-order valence-corrected chi connectivity index (χ1v) is 7.08. The largest absolute Gasteiger partial charge is 0.477 e. The van der Waals surface area contributed by atoms with Gasteiger partial charge < -0.3 is 5.11 Å². The van der Waals surface area contributed by atoms with E-state index in [-0.39, 0.29) is 5.92 Å². The maximum absolute atomic E-state index is 11.1. The fourth-order valence-electron chi connectivity index (χ4n) is 2.22. The van der Waals surface area contributed by atoms with Crippen LogP contribution in [0.3, 0.4) is 0 Å². The standard InChI is InChI=1S/C15H17NO2S/c1-9(2)12(11-7-5-4-6-8-11)14-16-10(3)13(19-14)15(17)18/h4-9,12H,1-3H3,(H,17,18). The van der Waals surface area contributed by atoms with Crippen molar-refractivity contribution in [2.24, 2.45) is 5.92 Å². The van der Waals surface area contributed by atoms with Crippen molar-refractivity contribution in [2.75, 3.05) is 0 Å². The van der Waals surface area contributed by atoms with E-state index in [1.807, 2.05) is 18.2 Å². The van der Waals surface area contributed by atoms with Crippen LogP contribution in [0.1, 0.15) is 45.7 Å². The summed E-state index contributed by atoms with van der Waals surface area (Å²) < 4.78 is 0. The summed E-state index contributed by atoms with van der Waals surface area (Å²) in [7, 11) is 0. The lowest BCUT2D eigenvalue weighted by atomic mass is 9.89. The molecule has 0 aliphatic carbocycles. The average Bonchev–Trinajstić information content (AvgIpc) is 2.72. The van der Waals surface area contributed by atoms with Gasteiger partial charge in [0.2, 0.25) is 0 Å². The zero-order chi connectivity index (χ0) is 14.0. The summed E-state index contributed by atoms with van der Waals surface area (Å²) in [5.74, 6) is -0.371. The molecule has 2 rings (SSSR count). The number of carboxylic acids is 1. The van der Waals surface area contributed by atoms with E-state index >= 15 is 0 Å². The highest BCUT2D eigenvalue weighted by atomic mass is 32.1. The van der Waals surface area contributed by atoms with Crippen LogP contribution in [0.2, 0.25) is 0 Å². The Morgan fingerprint density at radius 3 is 2.37 bits per heavy atom. The molecule has 1 N–H and O–H groups in total. The van der Waals surface area contributed by atoms with Gasteiger partial charge in [0.1, 0.15) is 9.88 Å². The minimum atomic E-state index is -0.892. The molecular weight excluding hydrogens is 258 g/mol. The number of nitrogens with zero attached hydrogens (tertiary/aromatic N) is 1. The molecule has 0 bridgehead atoms. The summed E-state index contributed by atoms with van der Waals surface area (Å²) >= 11 is 1.29. The topological polar surface area (TPSA) is 50.2 Å². The van der Waals surface area contributed by atoms with Crippen molar-refractivity contribution in [1.82, 2.24) is 4.98 Å². The summed E-state index contributed by atoms with van der Waals surface area (Å²) in [6.07, 6.45) is 0. The Kier molecular flexibility index (Phi) is 4.00. The lowest BCUT2D eigenvalue weighted by Crippen LogP contribution is -2.08. The SMILES string of the molecule is Cc1nc(C(c2ccccc2)C(C)C)sc1C(=O)O. The first-order valence-electron chi connectivity index (χ1n) is 6.26. The van der Waals surface area contributed by atoms with Crippen LogP contribution < -0.4 is 0 Å². The van der Waals surface area contributed by atoms with Crippen molar-refractivity contribution in [1.29, 1.82) is 0 Å². The highest BCUT2D eigenvalue weighted by Gasteiger charge is 2.24. The molecule has 0 fully saturated rings. The molecule has 0 spiro atoms. The van der Waals surface area contributed by atoms with E-state index < -0.39 is 5.97 Å². The Hall–Kier alpha value is -1.68. The van der Waals surface area contributed by atoms with E-state index in [0.717, 1.165) is 5.01 Å². The van der Waals surface area contributed by atoms with Crippen LogP contribution in [0.4, 0.5) is 0 Å². The molecule has 1 unspecified atom stereocenters. The lowest BCUT2D eigenvalue weighted by molar-refractivity contribution is 0.0701. The van der Waals surface area contributed by atoms with Crippen LogP contribution in [0.5, 0.6) is 0 Å². The average molecular weight is 275 g/mol. The molecule has 3 nitrogen and oxygen atoms in total. The normalized spacial score (nSPS) is 12.6. The summed E-state index contributed by atoms with van der Waals surface area (Å²) in [6, 6.07) is 10.1. The zero-order valence-corrected chi connectivity index (χ0v) is 12.1. The second-order valence-electron chi connectivity index (χ2n) is 4.90. The second-order valence-corrected chi connectivity index (χ2v) is 5.93. The van der Waals surface area contributed by atoms with E-state index in [1.165, 1.54) is 16.9 Å². The van der Waals surface area contributed by atoms with Gasteiger partial charge in [-0.15, -0.1) is 11.3 Å². The van der Waals surface area contributed by atoms with Gasteiger partial charge >= 0.3 is 5.97 Å². The van der Waals surface area contributed by atoms with Crippen LogP contribution in [0.25, 0.3) is 0 Å². The van der Waals surface area contributed by atoms with Crippen molar-refractivity contribution in [3.8, 4) is 0 Å². The van der Waals surface area contributed by atoms with Gasteiger partial charge in [-0.05, 0) is 18.4 Å². The Morgan fingerprint density at radius 2 is 1.89 bits per heavy atom. The van der Waals surface area contributed by atoms with Crippen molar-refractivity contribution in [3.05, 3.63) is 51.5 Å². The summed E-state index contributed by atoms with van der Waals surface area (Å²) in [5, 5.41) is 10.0. The molecule has 1 atom stereocenters. The monoisotopic (exact) mass is 275 g/mol. The molecule has 0 saturated heterocycles. The number of hydrogen-bond donors (Lipinski definition) is 1. The van der Waals surface area contributed by atoms with Crippen LogP contribution in [-0.4, -0.2) is 16.1 Å². The van der Waals surface area contributed by atoms with Gasteiger partial charge in [0.05, 0.1) is 5.69 Å². The predicted molar refractivity (Wildman–Crippen MR) is 76.9 cm³/mol. The minimum absolute atomic E-state index is 0.151. The Balaban J connectivity index is 2.46. The van der Waals surface area contributed by atoms with Crippen molar-refractivity contribution >= 4 is 17.3 Å². The highest BCUT2D eigenvalue weighted by molar-refractivity contribution is 7.13. The van der Waals surface area contributed by atoms with Gasteiger partial charge in [0.25, 0.3) is 0 Å². The van der Waals surface area contributed by atoms with E-state index in [0.29, 0.717) is 16.5 Å². The molecule has 1 aromatic carbocycles. The third kappa shape index (κ3) is 2.84. The van der Waals surface area contributed by atoms with Crippen LogP contribution in [0, 0.1) is 12.8 Å². The van der Waals surface area contributed by atoms with E-state index in [1.54, 1.807) is 6.92 Å². The summed E-state index contributed by atoms with van der Waals surface area (Å²) in [5.41, 5.74) is 1.79. The maximum Gasteiger partial charge on any atom is 0.347 e. The molecule has 4 heteroatoms. The maximum atomic E-state index is 11.1. The zero-order valence-electron chi connectivity index (χ0n) is 11.3. The van der Waals surface area contributed by atoms with E-state index in [2.05, 4.69) is 31.0 Å². The molecule has 1 aromatic heterocycles. The van der Waals surface area contributed by atoms with Crippen molar-refractivity contribution < 1.29 is 9.90 Å². The third-order valence-corrected chi connectivity index (χ3v) is 4.33. The van der Waals surface area contributed by atoms with E-state index in [9.17, 15) is 4.79 Å². The molecule has 2 aromatic rings. The number of hydrogen-bond acceptors (Lipinski definition) is 3. The van der Waals surface area contributed by atoms with E-state index in [4.69, 9.17) is 5.11 Å². The number of carbonyl (C=O) groups is 1. The lowest BCUT2D eigenvalue weighted by Gasteiger charge is -2.18. The quantitative estimate of drug-likeness (QED) is 0.919. The number of thiazole rings is 1. The Bertz CT molecular complexity index is 575. The molecule has 0 saturated carbocycles. The van der Waals surface area contributed by atoms with Gasteiger partial charge in [0, 0.05) is 5.92 Å². The molecule has 0 aliphatic rings. The van der Waals surface area contributed by atoms with Crippen molar-refractivity contribution in [2.45, 2.75) is 26.7 Å². The number of benzene rings is 1. The van der Waals surface area contributed by atoms with Gasteiger partial charge in [-0.2, -0.15) is 0 Å². The first kappa shape index (κ1) is 13.7. The molecule has 1 heterocycles. The Labute approximate surface area is 116 Å². The number of rotatable bonds is 4. The third-order valence-electron chi connectivity index (χ3n) is 3.10. The predicted octanol–water partition coefficient (Wildman–Crippen LogP) is 3.94. The molecule has 0 radical (unpaired) electrons. The Morgan fingerprint density at radius 1 is 1.26 bits per heavy atom. The minimum Gasteiger partial charge on any atom is -0.477 e. The van der Waals surface area contributed by atoms with Gasteiger partial charge in [-0.25, -0.2) is 9.78 Å². The fraction of sp³-hybridized carbons (Fsp3) is 0.333.